The van der Waals surface area contributed by atoms with Crippen LogP contribution in [0.3, 0.4) is 0 Å². The Labute approximate surface area is 99.4 Å². The van der Waals surface area contributed by atoms with E-state index in [4.69, 9.17) is 0 Å². The van der Waals surface area contributed by atoms with Gasteiger partial charge in [-0.1, -0.05) is 52.9 Å². The molecule has 1 aliphatic carbocycles. The lowest BCUT2D eigenvalue weighted by Gasteiger charge is -2.42. The van der Waals surface area contributed by atoms with Crippen LogP contribution in [0.15, 0.2) is 0 Å². The third kappa shape index (κ3) is 2.41. The maximum atomic E-state index is 11.7. The first-order valence-electron chi connectivity index (χ1n) is 6.84. The average molecular weight is 226 g/mol. The minimum atomic E-state index is -0.542. The molecule has 1 N–H and O–H groups in total. The van der Waals surface area contributed by atoms with Gasteiger partial charge in [-0.2, -0.15) is 0 Å². The first-order valence-corrected chi connectivity index (χ1v) is 6.84. The summed E-state index contributed by atoms with van der Waals surface area (Å²) in [4.78, 5) is 11.7. The van der Waals surface area contributed by atoms with Crippen molar-refractivity contribution >= 4 is 5.97 Å². The van der Waals surface area contributed by atoms with E-state index in [0.717, 1.165) is 38.5 Å². The van der Waals surface area contributed by atoms with Gasteiger partial charge in [0.2, 0.25) is 0 Å². The topological polar surface area (TPSA) is 37.3 Å². The summed E-state index contributed by atoms with van der Waals surface area (Å²) in [6.07, 6.45) is 7.26. The van der Waals surface area contributed by atoms with Gasteiger partial charge in [0, 0.05) is 0 Å². The Morgan fingerprint density at radius 2 is 2.00 bits per heavy atom. The third-order valence-electron chi connectivity index (χ3n) is 4.66. The van der Waals surface area contributed by atoms with Gasteiger partial charge in [-0.15, -0.1) is 0 Å². The second-order valence-corrected chi connectivity index (χ2v) is 5.35. The Morgan fingerprint density at radius 1 is 1.38 bits per heavy atom. The number of hydrogen-bond donors (Lipinski definition) is 1. The molecule has 0 aromatic carbocycles. The highest BCUT2D eigenvalue weighted by Crippen LogP contribution is 2.48. The molecular weight excluding hydrogens is 200 g/mol. The molecule has 2 atom stereocenters. The molecule has 2 nitrogen and oxygen atoms in total. The van der Waals surface area contributed by atoms with Gasteiger partial charge in [0.25, 0.3) is 0 Å². The van der Waals surface area contributed by atoms with Crippen LogP contribution >= 0.6 is 0 Å². The van der Waals surface area contributed by atoms with Crippen LogP contribution in [0.25, 0.3) is 0 Å². The zero-order valence-electron chi connectivity index (χ0n) is 11.0. The maximum Gasteiger partial charge on any atom is 0.309 e. The molecule has 94 valence electrons. The summed E-state index contributed by atoms with van der Waals surface area (Å²) in [5.41, 5.74) is -0.414. The highest BCUT2D eigenvalue weighted by atomic mass is 16.4. The molecule has 0 aliphatic heterocycles. The van der Waals surface area contributed by atoms with Gasteiger partial charge in [-0.25, -0.2) is 0 Å². The predicted octanol–water partition coefficient (Wildman–Crippen LogP) is 4.09. The largest absolute Gasteiger partial charge is 0.481 e. The van der Waals surface area contributed by atoms with Crippen molar-refractivity contribution < 1.29 is 9.90 Å². The highest BCUT2D eigenvalue weighted by Gasteiger charge is 2.46. The second kappa shape index (κ2) is 5.70. The summed E-state index contributed by atoms with van der Waals surface area (Å²) in [7, 11) is 0. The SMILES string of the molecule is CCC1CCCC(C(=O)O)(C(CC)CC)C1. The molecule has 1 aliphatic rings. The van der Waals surface area contributed by atoms with E-state index in [1.165, 1.54) is 6.42 Å². The van der Waals surface area contributed by atoms with E-state index in [0.29, 0.717) is 11.8 Å². The Bertz CT molecular complexity index is 233. The summed E-state index contributed by atoms with van der Waals surface area (Å²) in [5.74, 6) is 0.448. The van der Waals surface area contributed by atoms with Crippen LogP contribution in [-0.2, 0) is 4.79 Å². The minimum Gasteiger partial charge on any atom is -0.481 e. The fourth-order valence-corrected chi connectivity index (χ4v) is 3.58. The molecule has 0 saturated heterocycles. The fraction of sp³-hybridized carbons (Fsp3) is 0.929. The molecule has 1 rings (SSSR count). The van der Waals surface area contributed by atoms with Crippen molar-refractivity contribution in [1.82, 2.24) is 0 Å². The standard InChI is InChI=1S/C14H26O2/c1-4-11-8-7-9-14(10-11,13(15)16)12(5-2)6-3/h11-12H,4-10H2,1-3H3,(H,15,16). The lowest BCUT2D eigenvalue weighted by atomic mass is 9.61. The quantitative estimate of drug-likeness (QED) is 0.766. The minimum absolute atomic E-state index is 0.361. The first-order chi connectivity index (χ1) is 7.60. The maximum absolute atomic E-state index is 11.7. The third-order valence-corrected chi connectivity index (χ3v) is 4.66. The smallest absolute Gasteiger partial charge is 0.309 e. The van der Waals surface area contributed by atoms with Gasteiger partial charge in [0.1, 0.15) is 0 Å². The summed E-state index contributed by atoms with van der Waals surface area (Å²) < 4.78 is 0. The van der Waals surface area contributed by atoms with Gasteiger partial charge >= 0.3 is 5.97 Å². The normalized spacial score (nSPS) is 30.6. The van der Waals surface area contributed by atoms with E-state index >= 15 is 0 Å². The van der Waals surface area contributed by atoms with Crippen molar-refractivity contribution in [2.45, 2.75) is 65.7 Å². The van der Waals surface area contributed by atoms with Crippen molar-refractivity contribution in [3.05, 3.63) is 0 Å². The molecule has 2 unspecified atom stereocenters. The molecule has 2 heteroatoms. The zero-order chi connectivity index (χ0) is 12.2. The van der Waals surface area contributed by atoms with E-state index in [1.54, 1.807) is 0 Å². The van der Waals surface area contributed by atoms with Crippen LogP contribution in [0.2, 0.25) is 0 Å². The molecule has 16 heavy (non-hydrogen) atoms. The van der Waals surface area contributed by atoms with E-state index in [2.05, 4.69) is 20.8 Å². The fourth-order valence-electron chi connectivity index (χ4n) is 3.58. The van der Waals surface area contributed by atoms with Gasteiger partial charge in [0.05, 0.1) is 5.41 Å². The Kier molecular flexibility index (Phi) is 4.82. The number of carbonyl (C=O) groups is 1. The van der Waals surface area contributed by atoms with Crippen LogP contribution in [0.4, 0.5) is 0 Å². The Hall–Kier alpha value is -0.530. The molecule has 0 amide bonds. The monoisotopic (exact) mass is 226 g/mol. The van der Waals surface area contributed by atoms with E-state index in [9.17, 15) is 9.90 Å². The van der Waals surface area contributed by atoms with Crippen LogP contribution in [0.5, 0.6) is 0 Å². The van der Waals surface area contributed by atoms with Gasteiger partial charge in [0.15, 0.2) is 0 Å². The molecular formula is C14H26O2. The first kappa shape index (κ1) is 13.5. The van der Waals surface area contributed by atoms with E-state index < -0.39 is 11.4 Å². The van der Waals surface area contributed by atoms with Crippen LogP contribution in [-0.4, -0.2) is 11.1 Å². The second-order valence-electron chi connectivity index (χ2n) is 5.35. The molecule has 0 spiro atoms. The molecule has 0 radical (unpaired) electrons. The predicted molar refractivity (Wildman–Crippen MR) is 66.4 cm³/mol. The van der Waals surface area contributed by atoms with Gasteiger partial charge in [-0.05, 0) is 24.7 Å². The lowest BCUT2D eigenvalue weighted by molar-refractivity contribution is -0.157. The zero-order valence-corrected chi connectivity index (χ0v) is 11.0. The molecule has 0 heterocycles. The Morgan fingerprint density at radius 3 is 2.44 bits per heavy atom. The van der Waals surface area contributed by atoms with Crippen molar-refractivity contribution in [2.24, 2.45) is 17.3 Å². The molecule has 0 bridgehead atoms. The number of carboxylic acid groups (broad SMARTS) is 1. The van der Waals surface area contributed by atoms with E-state index in [1.807, 2.05) is 0 Å². The van der Waals surface area contributed by atoms with Gasteiger partial charge < -0.3 is 5.11 Å². The molecule has 1 fully saturated rings. The summed E-state index contributed by atoms with van der Waals surface area (Å²) in [6.45, 7) is 6.46. The van der Waals surface area contributed by atoms with Crippen molar-refractivity contribution in [3.8, 4) is 0 Å². The molecule has 1 saturated carbocycles. The van der Waals surface area contributed by atoms with Crippen molar-refractivity contribution in [3.63, 3.8) is 0 Å². The number of aliphatic carboxylic acids is 1. The summed E-state index contributed by atoms with van der Waals surface area (Å²) >= 11 is 0. The van der Waals surface area contributed by atoms with Crippen LogP contribution < -0.4 is 0 Å². The Balaban J connectivity index is 2.90. The van der Waals surface area contributed by atoms with Crippen LogP contribution in [0, 0.1) is 17.3 Å². The van der Waals surface area contributed by atoms with Crippen molar-refractivity contribution in [1.29, 1.82) is 0 Å². The lowest BCUT2D eigenvalue weighted by Crippen LogP contribution is -2.42. The molecule has 0 aromatic heterocycles. The number of carboxylic acids is 1. The highest BCUT2D eigenvalue weighted by molar-refractivity contribution is 5.75. The average Bonchev–Trinajstić information content (AvgIpc) is 2.30. The number of rotatable bonds is 5. The van der Waals surface area contributed by atoms with Crippen molar-refractivity contribution in [2.75, 3.05) is 0 Å². The molecule has 0 aromatic rings. The summed E-state index contributed by atoms with van der Waals surface area (Å²) in [5, 5.41) is 9.63. The summed E-state index contributed by atoms with van der Waals surface area (Å²) in [6, 6.07) is 0. The van der Waals surface area contributed by atoms with E-state index in [-0.39, 0.29) is 0 Å². The van der Waals surface area contributed by atoms with Gasteiger partial charge in [-0.3, -0.25) is 4.79 Å². The van der Waals surface area contributed by atoms with Crippen LogP contribution in [0.1, 0.15) is 65.7 Å². The number of hydrogen-bond acceptors (Lipinski definition) is 1.